The van der Waals surface area contributed by atoms with Crippen LogP contribution >= 0.6 is 0 Å². The maximum absolute atomic E-state index is 11.8. The summed E-state index contributed by atoms with van der Waals surface area (Å²) in [5.74, 6) is 0. The van der Waals surface area contributed by atoms with E-state index in [4.69, 9.17) is 9.47 Å². The molecule has 0 aromatic rings. The zero-order chi connectivity index (χ0) is 11.4. The van der Waals surface area contributed by atoms with Gasteiger partial charge in [-0.25, -0.2) is 4.79 Å². The van der Waals surface area contributed by atoms with Gasteiger partial charge in [0.1, 0.15) is 12.2 Å². The van der Waals surface area contributed by atoms with Crippen LogP contribution in [0.25, 0.3) is 0 Å². The zero-order valence-corrected chi connectivity index (χ0v) is 9.90. The lowest BCUT2D eigenvalue weighted by molar-refractivity contribution is -0.00461. The minimum Gasteiger partial charge on any atom is -0.377 e. The number of methoxy groups -OCH3 is 2. The maximum Gasteiger partial charge on any atom is 0.319 e. The minimum absolute atomic E-state index is 0.00999. The van der Waals surface area contributed by atoms with Crippen LogP contribution < -0.4 is 0 Å². The summed E-state index contributed by atoms with van der Waals surface area (Å²) >= 11 is 0. The maximum atomic E-state index is 11.8. The summed E-state index contributed by atoms with van der Waals surface area (Å²) in [6.45, 7) is 3.89. The van der Waals surface area contributed by atoms with Crippen molar-refractivity contribution >= 4 is 6.03 Å². The molecule has 1 heterocycles. The zero-order valence-electron chi connectivity index (χ0n) is 9.90. The Balaban J connectivity index is 2.56. The second-order valence-corrected chi connectivity index (χ2v) is 3.75. The van der Waals surface area contributed by atoms with E-state index in [0.717, 1.165) is 0 Å². The number of urea groups is 1. The van der Waals surface area contributed by atoms with Crippen molar-refractivity contribution in [3.05, 3.63) is 0 Å². The van der Waals surface area contributed by atoms with Crippen LogP contribution in [0.15, 0.2) is 0 Å². The Hall–Kier alpha value is -0.810. The third-order valence-corrected chi connectivity index (χ3v) is 2.89. The molecule has 0 bridgehead atoms. The summed E-state index contributed by atoms with van der Waals surface area (Å²) in [6.07, 6.45) is -0.0200. The standard InChI is InChI=1S/C10H20N2O3/c1-5-11(2)10(13)12-6-8(14-3)9(7-12)15-4/h8-9H,5-7H2,1-4H3. The lowest BCUT2D eigenvalue weighted by atomic mass is 10.3. The van der Waals surface area contributed by atoms with Crippen molar-refractivity contribution in [2.75, 3.05) is 40.9 Å². The van der Waals surface area contributed by atoms with Crippen molar-refractivity contribution in [2.45, 2.75) is 19.1 Å². The fourth-order valence-electron chi connectivity index (χ4n) is 1.73. The highest BCUT2D eigenvalue weighted by Crippen LogP contribution is 2.16. The van der Waals surface area contributed by atoms with E-state index in [0.29, 0.717) is 19.6 Å². The van der Waals surface area contributed by atoms with Gasteiger partial charge in [-0.3, -0.25) is 0 Å². The van der Waals surface area contributed by atoms with Crippen LogP contribution in [-0.2, 0) is 9.47 Å². The number of rotatable bonds is 3. The van der Waals surface area contributed by atoms with Gasteiger partial charge in [0.05, 0.1) is 13.1 Å². The molecule has 1 aliphatic rings. The van der Waals surface area contributed by atoms with E-state index in [1.54, 1.807) is 31.1 Å². The number of carbonyl (C=O) groups excluding carboxylic acids is 1. The molecule has 1 aliphatic heterocycles. The fraction of sp³-hybridized carbons (Fsp3) is 0.900. The summed E-state index contributed by atoms with van der Waals surface area (Å²) in [5.41, 5.74) is 0. The van der Waals surface area contributed by atoms with Crippen LogP contribution in [-0.4, -0.2) is 68.9 Å². The first-order valence-corrected chi connectivity index (χ1v) is 5.19. The molecule has 2 atom stereocenters. The molecule has 2 unspecified atom stereocenters. The molecular formula is C10H20N2O3. The van der Waals surface area contributed by atoms with Gasteiger partial charge in [-0.1, -0.05) is 0 Å². The molecule has 5 nitrogen and oxygen atoms in total. The van der Waals surface area contributed by atoms with Gasteiger partial charge in [-0.05, 0) is 6.92 Å². The predicted octanol–water partition coefficient (Wildman–Crippen LogP) is 0.404. The van der Waals surface area contributed by atoms with E-state index in [1.165, 1.54) is 0 Å². The first-order valence-electron chi connectivity index (χ1n) is 5.19. The summed E-state index contributed by atoms with van der Waals surface area (Å²) in [6, 6.07) is 0.0408. The average Bonchev–Trinajstić information content (AvgIpc) is 2.69. The van der Waals surface area contributed by atoms with Crippen LogP contribution in [0.3, 0.4) is 0 Å². The van der Waals surface area contributed by atoms with Crippen molar-refractivity contribution in [3.63, 3.8) is 0 Å². The molecule has 0 spiro atoms. The molecule has 0 N–H and O–H groups in total. The first kappa shape index (κ1) is 12.3. The van der Waals surface area contributed by atoms with Gasteiger partial charge in [0.15, 0.2) is 0 Å². The van der Waals surface area contributed by atoms with E-state index in [-0.39, 0.29) is 18.2 Å². The number of likely N-dealkylation sites (tertiary alicyclic amines) is 1. The van der Waals surface area contributed by atoms with Gasteiger partial charge in [0.25, 0.3) is 0 Å². The summed E-state index contributed by atoms with van der Waals surface area (Å²) in [4.78, 5) is 15.3. The number of nitrogens with zero attached hydrogens (tertiary/aromatic N) is 2. The van der Waals surface area contributed by atoms with E-state index < -0.39 is 0 Å². The van der Waals surface area contributed by atoms with Gasteiger partial charge in [0.2, 0.25) is 0 Å². The molecule has 0 aromatic carbocycles. The molecule has 0 aromatic heterocycles. The van der Waals surface area contributed by atoms with Crippen molar-refractivity contribution in [1.82, 2.24) is 9.80 Å². The normalized spacial score (nSPS) is 25.7. The highest BCUT2D eigenvalue weighted by Gasteiger charge is 2.36. The Morgan fingerprint density at radius 1 is 1.33 bits per heavy atom. The summed E-state index contributed by atoms with van der Waals surface area (Å²) < 4.78 is 10.5. The number of ether oxygens (including phenoxy) is 2. The lowest BCUT2D eigenvalue weighted by Gasteiger charge is -2.23. The highest BCUT2D eigenvalue weighted by molar-refractivity contribution is 5.74. The molecule has 1 fully saturated rings. The Morgan fingerprint density at radius 3 is 2.13 bits per heavy atom. The van der Waals surface area contributed by atoms with E-state index >= 15 is 0 Å². The number of hydrogen-bond donors (Lipinski definition) is 0. The fourth-order valence-corrected chi connectivity index (χ4v) is 1.73. The molecule has 1 saturated heterocycles. The summed E-state index contributed by atoms with van der Waals surface area (Å²) in [5, 5.41) is 0. The van der Waals surface area contributed by atoms with E-state index in [9.17, 15) is 4.79 Å². The van der Waals surface area contributed by atoms with E-state index in [2.05, 4.69) is 0 Å². The Kier molecular flexibility index (Phi) is 4.35. The third kappa shape index (κ3) is 2.60. The van der Waals surface area contributed by atoms with Crippen LogP contribution in [0.2, 0.25) is 0 Å². The van der Waals surface area contributed by atoms with Gasteiger partial charge in [-0.2, -0.15) is 0 Å². The molecule has 2 amide bonds. The van der Waals surface area contributed by atoms with Gasteiger partial charge >= 0.3 is 6.03 Å². The third-order valence-electron chi connectivity index (χ3n) is 2.89. The van der Waals surface area contributed by atoms with Crippen LogP contribution in [0, 0.1) is 0 Å². The monoisotopic (exact) mass is 216 g/mol. The Bertz CT molecular complexity index is 211. The van der Waals surface area contributed by atoms with Crippen molar-refractivity contribution in [3.8, 4) is 0 Å². The Labute approximate surface area is 90.9 Å². The molecule has 1 rings (SSSR count). The van der Waals surface area contributed by atoms with Crippen LogP contribution in [0.4, 0.5) is 4.79 Å². The van der Waals surface area contributed by atoms with Crippen LogP contribution in [0.1, 0.15) is 6.92 Å². The number of amides is 2. The largest absolute Gasteiger partial charge is 0.377 e. The number of carbonyl (C=O) groups is 1. The number of hydrogen-bond acceptors (Lipinski definition) is 3. The molecule has 0 saturated carbocycles. The van der Waals surface area contributed by atoms with Gasteiger partial charge in [-0.15, -0.1) is 0 Å². The molecule has 0 radical (unpaired) electrons. The second-order valence-electron chi connectivity index (χ2n) is 3.75. The molecular weight excluding hydrogens is 196 g/mol. The molecule has 5 heteroatoms. The first-order chi connectivity index (χ1) is 7.13. The smallest absolute Gasteiger partial charge is 0.319 e. The van der Waals surface area contributed by atoms with E-state index in [1.807, 2.05) is 6.92 Å². The van der Waals surface area contributed by atoms with Gasteiger partial charge < -0.3 is 19.3 Å². The quantitative estimate of drug-likeness (QED) is 0.686. The predicted molar refractivity (Wildman–Crippen MR) is 56.9 cm³/mol. The van der Waals surface area contributed by atoms with Gasteiger partial charge in [0, 0.05) is 27.8 Å². The van der Waals surface area contributed by atoms with Crippen molar-refractivity contribution in [1.29, 1.82) is 0 Å². The molecule has 88 valence electrons. The van der Waals surface area contributed by atoms with Crippen molar-refractivity contribution < 1.29 is 14.3 Å². The average molecular weight is 216 g/mol. The Morgan fingerprint density at radius 2 is 1.80 bits per heavy atom. The van der Waals surface area contributed by atoms with Crippen molar-refractivity contribution in [2.24, 2.45) is 0 Å². The minimum atomic E-state index is -0.00999. The van der Waals surface area contributed by atoms with Crippen LogP contribution in [0.5, 0.6) is 0 Å². The summed E-state index contributed by atoms with van der Waals surface area (Å²) in [7, 11) is 5.09. The highest BCUT2D eigenvalue weighted by atomic mass is 16.5. The molecule has 0 aliphatic carbocycles. The molecule has 15 heavy (non-hydrogen) atoms. The topological polar surface area (TPSA) is 42.0 Å². The lowest BCUT2D eigenvalue weighted by Crippen LogP contribution is -2.40. The second kappa shape index (κ2) is 5.32. The SMILES string of the molecule is CCN(C)C(=O)N1CC(OC)C(OC)C1.